The van der Waals surface area contributed by atoms with Gasteiger partial charge in [-0.1, -0.05) is 54.0 Å². The molecule has 1 aromatic carbocycles. The lowest BCUT2D eigenvalue weighted by Crippen LogP contribution is -2.37. The molecule has 144 valence electrons. The van der Waals surface area contributed by atoms with Crippen LogP contribution in [0.15, 0.2) is 35.6 Å². The first-order valence-corrected chi connectivity index (χ1v) is 10.8. The van der Waals surface area contributed by atoms with E-state index >= 15 is 0 Å². The van der Waals surface area contributed by atoms with Crippen molar-refractivity contribution in [2.24, 2.45) is 0 Å². The van der Waals surface area contributed by atoms with Crippen molar-refractivity contribution < 1.29 is 4.79 Å². The third-order valence-electron chi connectivity index (χ3n) is 4.99. The highest BCUT2D eigenvalue weighted by Gasteiger charge is 2.19. The van der Waals surface area contributed by atoms with Crippen LogP contribution >= 0.6 is 23.4 Å². The van der Waals surface area contributed by atoms with Crippen LogP contribution in [0.3, 0.4) is 0 Å². The van der Waals surface area contributed by atoms with Gasteiger partial charge in [-0.2, -0.15) is 0 Å². The Morgan fingerprint density at radius 2 is 2.11 bits per heavy atom. The Bertz CT molecular complexity index is 801. The molecule has 3 rings (SSSR count). The maximum atomic E-state index is 12.6. The number of aromatic nitrogens is 2. The van der Waals surface area contributed by atoms with Crippen molar-refractivity contribution in [2.75, 3.05) is 12.8 Å². The van der Waals surface area contributed by atoms with Gasteiger partial charge in [0.05, 0.1) is 11.2 Å². The van der Waals surface area contributed by atoms with Crippen LogP contribution in [-0.2, 0) is 13.1 Å². The average molecular weight is 405 g/mol. The first-order valence-electron chi connectivity index (χ1n) is 9.24. The first kappa shape index (κ1) is 20.1. The van der Waals surface area contributed by atoms with Gasteiger partial charge < -0.3 is 5.32 Å². The molecule has 2 aromatic rings. The summed E-state index contributed by atoms with van der Waals surface area (Å²) in [6.45, 7) is 4.80. The predicted octanol–water partition coefficient (Wildman–Crippen LogP) is 4.16. The maximum Gasteiger partial charge on any atom is 0.271 e. The molecule has 1 saturated heterocycles. The molecule has 1 N–H and O–H groups in total. The van der Waals surface area contributed by atoms with Crippen molar-refractivity contribution in [3.8, 4) is 0 Å². The van der Waals surface area contributed by atoms with E-state index in [1.807, 2.05) is 12.3 Å². The second kappa shape index (κ2) is 9.53. The number of likely N-dealkylation sites (tertiary alicyclic amines) is 1. The number of thioether (sulfide) groups is 1. The number of benzene rings is 1. The Morgan fingerprint density at radius 3 is 2.85 bits per heavy atom. The minimum Gasteiger partial charge on any atom is -0.347 e. The molecular weight excluding hydrogens is 380 g/mol. The van der Waals surface area contributed by atoms with Crippen LogP contribution in [-0.4, -0.2) is 39.6 Å². The van der Waals surface area contributed by atoms with Crippen molar-refractivity contribution in [3.05, 3.63) is 52.3 Å². The van der Waals surface area contributed by atoms with Crippen LogP contribution < -0.4 is 5.32 Å². The van der Waals surface area contributed by atoms with Gasteiger partial charge in [-0.05, 0) is 43.7 Å². The highest BCUT2D eigenvalue weighted by molar-refractivity contribution is 7.98. The van der Waals surface area contributed by atoms with Crippen LogP contribution in [0.25, 0.3) is 0 Å². The van der Waals surface area contributed by atoms with Crippen molar-refractivity contribution in [2.45, 2.75) is 50.5 Å². The fraction of sp³-hybridized carbons (Fsp3) is 0.450. The fourth-order valence-electron chi connectivity index (χ4n) is 3.36. The zero-order chi connectivity index (χ0) is 19.2. The van der Waals surface area contributed by atoms with Gasteiger partial charge in [0.15, 0.2) is 10.9 Å². The van der Waals surface area contributed by atoms with Gasteiger partial charge in [0, 0.05) is 19.1 Å². The number of nitrogens with one attached hydrogen (secondary N) is 1. The Hall–Kier alpha value is -1.63. The lowest BCUT2D eigenvalue weighted by atomic mass is 10.0. The SMILES string of the molecule is CSc1ncc(Cl)c(C(=O)NCc2ccccc2CN2CCCC[C@H]2C)n1. The molecule has 1 atom stereocenters. The van der Waals surface area contributed by atoms with E-state index in [9.17, 15) is 4.79 Å². The van der Waals surface area contributed by atoms with E-state index in [2.05, 4.69) is 45.3 Å². The second-order valence-electron chi connectivity index (χ2n) is 6.82. The van der Waals surface area contributed by atoms with Crippen molar-refractivity contribution in [3.63, 3.8) is 0 Å². The highest BCUT2D eigenvalue weighted by atomic mass is 35.5. The number of amides is 1. The molecule has 1 aliphatic rings. The summed E-state index contributed by atoms with van der Waals surface area (Å²) >= 11 is 7.48. The predicted molar refractivity (Wildman–Crippen MR) is 110 cm³/mol. The smallest absolute Gasteiger partial charge is 0.271 e. The first-order chi connectivity index (χ1) is 13.1. The van der Waals surface area contributed by atoms with Gasteiger partial charge in [0.25, 0.3) is 5.91 Å². The summed E-state index contributed by atoms with van der Waals surface area (Å²) < 4.78 is 0. The molecule has 0 saturated carbocycles. The largest absolute Gasteiger partial charge is 0.347 e. The maximum absolute atomic E-state index is 12.6. The molecule has 5 nitrogen and oxygen atoms in total. The van der Waals surface area contributed by atoms with Gasteiger partial charge in [-0.3, -0.25) is 9.69 Å². The van der Waals surface area contributed by atoms with Gasteiger partial charge in [0.1, 0.15) is 0 Å². The molecule has 27 heavy (non-hydrogen) atoms. The summed E-state index contributed by atoms with van der Waals surface area (Å²) in [5, 5.41) is 3.75. The number of rotatable bonds is 6. The number of hydrogen-bond donors (Lipinski definition) is 1. The lowest BCUT2D eigenvalue weighted by Gasteiger charge is -2.33. The summed E-state index contributed by atoms with van der Waals surface area (Å²) in [6, 6.07) is 8.88. The van der Waals surface area contributed by atoms with E-state index in [4.69, 9.17) is 11.6 Å². The molecule has 1 aliphatic heterocycles. The van der Waals surface area contributed by atoms with Crippen LogP contribution in [0.5, 0.6) is 0 Å². The summed E-state index contributed by atoms with van der Waals surface area (Å²) in [6.07, 6.45) is 7.16. The van der Waals surface area contributed by atoms with Gasteiger partial charge in [-0.25, -0.2) is 9.97 Å². The third-order valence-corrected chi connectivity index (χ3v) is 5.83. The molecule has 0 spiro atoms. The minimum absolute atomic E-state index is 0.221. The van der Waals surface area contributed by atoms with E-state index in [1.54, 1.807) is 0 Å². The van der Waals surface area contributed by atoms with E-state index < -0.39 is 0 Å². The number of piperidine rings is 1. The van der Waals surface area contributed by atoms with Crippen LogP contribution in [0.4, 0.5) is 0 Å². The molecule has 1 fully saturated rings. The number of carbonyl (C=O) groups is 1. The molecule has 1 amide bonds. The third kappa shape index (κ3) is 5.21. The van der Waals surface area contributed by atoms with E-state index in [1.165, 1.54) is 42.8 Å². The fourth-order valence-corrected chi connectivity index (χ4v) is 3.88. The van der Waals surface area contributed by atoms with E-state index in [0.717, 1.165) is 18.7 Å². The zero-order valence-corrected chi connectivity index (χ0v) is 17.3. The summed E-state index contributed by atoms with van der Waals surface area (Å²) in [4.78, 5) is 23.4. The number of halogens is 1. The molecular formula is C20H25ClN4OS. The van der Waals surface area contributed by atoms with Crippen molar-refractivity contribution in [1.29, 1.82) is 0 Å². The number of carbonyl (C=O) groups excluding carboxylic acids is 1. The minimum atomic E-state index is -0.279. The molecule has 0 radical (unpaired) electrons. The zero-order valence-electron chi connectivity index (χ0n) is 15.7. The van der Waals surface area contributed by atoms with Gasteiger partial charge in [0.2, 0.25) is 0 Å². The standard InChI is InChI=1S/C20H25ClN4OS/c1-14-7-5-6-10-25(14)13-16-9-4-3-8-15(16)11-22-19(26)18-17(21)12-23-20(24-18)27-2/h3-4,8-9,12,14H,5-7,10-11,13H2,1-2H3,(H,22,26)/t14-/m1/s1. The van der Waals surface area contributed by atoms with Gasteiger partial charge >= 0.3 is 0 Å². The summed E-state index contributed by atoms with van der Waals surface area (Å²) in [7, 11) is 0. The number of hydrogen-bond acceptors (Lipinski definition) is 5. The molecule has 0 unspecified atom stereocenters. The lowest BCUT2D eigenvalue weighted by molar-refractivity contribution is 0.0944. The van der Waals surface area contributed by atoms with Crippen LogP contribution in [0.2, 0.25) is 5.02 Å². The molecule has 0 aliphatic carbocycles. The average Bonchev–Trinajstić information content (AvgIpc) is 2.69. The summed E-state index contributed by atoms with van der Waals surface area (Å²) in [5.41, 5.74) is 2.60. The van der Waals surface area contributed by atoms with Gasteiger partial charge in [-0.15, -0.1) is 0 Å². The quantitative estimate of drug-likeness (QED) is 0.578. The second-order valence-corrected chi connectivity index (χ2v) is 8.00. The van der Waals surface area contributed by atoms with Crippen molar-refractivity contribution >= 4 is 29.3 Å². The Kier molecular flexibility index (Phi) is 7.10. The van der Waals surface area contributed by atoms with Crippen LogP contribution in [0.1, 0.15) is 47.8 Å². The summed E-state index contributed by atoms with van der Waals surface area (Å²) in [5.74, 6) is -0.279. The Balaban J connectivity index is 1.68. The Morgan fingerprint density at radius 1 is 1.33 bits per heavy atom. The Labute approximate surface area is 169 Å². The molecule has 7 heteroatoms. The highest BCUT2D eigenvalue weighted by Crippen LogP contribution is 2.21. The van der Waals surface area contributed by atoms with Crippen molar-refractivity contribution in [1.82, 2.24) is 20.2 Å². The van der Waals surface area contributed by atoms with Crippen LogP contribution in [0, 0.1) is 0 Å². The normalized spacial score (nSPS) is 17.7. The number of nitrogens with zero attached hydrogens (tertiary/aromatic N) is 3. The topological polar surface area (TPSA) is 58.1 Å². The molecule has 0 bridgehead atoms. The molecule has 1 aromatic heterocycles. The van der Waals surface area contributed by atoms with E-state index in [0.29, 0.717) is 17.7 Å². The van der Waals surface area contributed by atoms with E-state index in [-0.39, 0.29) is 16.6 Å². The monoisotopic (exact) mass is 404 g/mol. The molecule has 2 heterocycles.